The van der Waals surface area contributed by atoms with Crippen LogP contribution in [0.2, 0.25) is 0 Å². The molecule has 1 aliphatic rings. The lowest BCUT2D eigenvalue weighted by Crippen LogP contribution is -2.40. The number of rotatable bonds is 5. The summed E-state index contributed by atoms with van der Waals surface area (Å²) in [6.45, 7) is 3.01. The molecule has 4 nitrogen and oxygen atoms in total. The van der Waals surface area contributed by atoms with E-state index in [0.717, 1.165) is 24.4 Å². The molecule has 18 heavy (non-hydrogen) atoms. The summed E-state index contributed by atoms with van der Waals surface area (Å²) in [5, 5.41) is 0. The first kappa shape index (κ1) is 12.7. The number of hydrogen-bond donors (Lipinski definition) is 1. The number of aliphatic imine (C=N–C) groups is 1. The fourth-order valence-electron chi connectivity index (χ4n) is 2.29. The van der Waals surface area contributed by atoms with Crippen molar-refractivity contribution in [3.63, 3.8) is 0 Å². The van der Waals surface area contributed by atoms with Gasteiger partial charge in [-0.25, -0.2) is 0 Å². The van der Waals surface area contributed by atoms with Crippen LogP contribution in [0.25, 0.3) is 0 Å². The van der Waals surface area contributed by atoms with Crippen LogP contribution in [-0.2, 0) is 0 Å². The second-order valence-electron chi connectivity index (χ2n) is 4.56. The summed E-state index contributed by atoms with van der Waals surface area (Å²) in [7, 11) is 1.67. The molecule has 1 aliphatic heterocycles. The molecule has 0 saturated carbocycles. The van der Waals surface area contributed by atoms with Crippen molar-refractivity contribution >= 4 is 11.6 Å². The van der Waals surface area contributed by atoms with Crippen LogP contribution >= 0.6 is 0 Å². The quantitative estimate of drug-likeness (QED) is 0.869. The molecule has 0 fully saturated rings. The highest BCUT2D eigenvalue weighted by Crippen LogP contribution is 2.25. The molecule has 4 heteroatoms. The molecular formula is C14H21N3O. The Hall–Kier alpha value is -1.71. The van der Waals surface area contributed by atoms with Gasteiger partial charge in [0.1, 0.15) is 5.75 Å². The van der Waals surface area contributed by atoms with E-state index in [-0.39, 0.29) is 0 Å². The molecule has 1 heterocycles. The van der Waals surface area contributed by atoms with Crippen LogP contribution in [0.5, 0.6) is 5.75 Å². The lowest BCUT2D eigenvalue weighted by atomic mass is 10.1. The summed E-state index contributed by atoms with van der Waals surface area (Å²) in [4.78, 5) is 6.49. The van der Waals surface area contributed by atoms with E-state index in [9.17, 15) is 0 Å². The number of anilines is 1. The van der Waals surface area contributed by atoms with E-state index in [1.165, 1.54) is 12.8 Å². The van der Waals surface area contributed by atoms with Crippen molar-refractivity contribution in [1.29, 1.82) is 0 Å². The summed E-state index contributed by atoms with van der Waals surface area (Å²) >= 11 is 0. The van der Waals surface area contributed by atoms with Crippen LogP contribution < -0.4 is 15.4 Å². The summed E-state index contributed by atoms with van der Waals surface area (Å²) < 4.78 is 5.17. The van der Waals surface area contributed by atoms with E-state index in [0.29, 0.717) is 12.0 Å². The minimum atomic E-state index is 0.401. The molecule has 1 aromatic rings. The molecule has 1 atom stereocenters. The predicted molar refractivity (Wildman–Crippen MR) is 75.3 cm³/mol. The van der Waals surface area contributed by atoms with Gasteiger partial charge in [0, 0.05) is 5.69 Å². The molecular weight excluding hydrogens is 226 g/mol. The largest absolute Gasteiger partial charge is 0.497 e. The highest BCUT2D eigenvalue weighted by Gasteiger charge is 2.26. The first-order valence-corrected chi connectivity index (χ1v) is 6.49. The summed E-state index contributed by atoms with van der Waals surface area (Å²) in [6.07, 6.45) is 3.54. The highest BCUT2D eigenvalue weighted by atomic mass is 16.5. The van der Waals surface area contributed by atoms with E-state index in [1.54, 1.807) is 7.11 Å². The van der Waals surface area contributed by atoms with E-state index >= 15 is 0 Å². The lowest BCUT2D eigenvalue weighted by Gasteiger charge is -2.26. The Bertz CT molecular complexity index is 414. The molecule has 2 N–H and O–H groups in total. The van der Waals surface area contributed by atoms with Crippen molar-refractivity contribution < 1.29 is 4.74 Å². The summed E-state index contributed by atoms with van der Waals surface area (Å²) in [6, 6.07) is 8.38. The van der Waals surface area contributed by atoms with Gasteiger partial charge in [-0.15, -0.1) is 0 Å². The Morgan fingerprint density at radius 1 is 1.39 bits per heavy atom. The number of unbranched alkanes of at least 4 members (excludes halogenated alkanes) is 1. The normalized spacial score (nSPS) is 18.9. The lowest BCUT2D eigenvalue weighted by molar-refractivity contribution is 0.415. The molecule has 0 saturated heterocycles. The Balaban J connectivity index is 2.14. The average molecular weight is 247 g/mol. The fourth-order valence-corrected chi connectivity index (χ4v) is 2.29. The Morgan fingerprint density at radius 2 is 2.11 bits per heavy atom. The van der Waals surface area contributed by atoms with Crippen molar-refractivity contribution in [1.82, 2.24) is 0 Å². The molecule has 1 aromatic carbocycles. The van der Waals surface area contributed by atoms with Crippen molar-refractivity contribution in [3.05, 3.63) is 24.3 Å². The van der Waals surface area contributed by atoms with Crippen LogP contribution in [0, 0.1) is 0 Å². The van der Waals surface area contributed by atoms with Gasteiger partial charge in [0.2, 0.25) is 0 Å². The van der Waals surface area contributed by atoms with Crippen LogP contribution in [-0.4, -0.2) is 25.7 Å². The van der Waals surface area contributed by atoms with E-state index in [1.807, 2.05) is 24.3 Å². The molecule has 0 bridgehead atoms. The zero-order valence-electron chi connectivity index (χ0n) is 11.1. The third kappa shape index (κ3) is 2.58. The smallest absolute Gasteiger partial charge is 0.196 e. The topological polar surface area (TPSA) is 50.8 Å². The zero-order chi connectivity index (χ0) is 13.0. The van der Waals surface area contributed by atoms with E-state index < -0.39 is 0 Å². The third-order valence-corrected chi connectivity index (χ3v) is 3.32. The van der Waals surface area contributed by atoms with Gasteiger partial charge in [0.05, 0.1) is 19.7 Å². The van der Waals surface area contributed by atoms with Gasteiger partial charge in [0.25, 0.3) is 0 Å². The second-order valence-corrected chi connectivity index (χ2v) is 4.56. The molecule has 0 aliphatic carbocycles. The third-order valence-electron chi connectivity index (χ3n) is 3.32. The molecule has 0 radical (unpaired) electrons. The molecule has 0 amide bonds. The zero-order valence-corrected chi connectivity index (χ0v) is 11.1. The number of hydrogen-bond acceptors (Lipinski definition) is 4. The minimum absolute atomic E-state index is 0.401. The SMILES string of the molecule is CCCCC1CN=C(N)N1c1ccc(OC)cc1. The molecule has 2 rings (SSSR count). The summed E-state index contributed by atoms with van der Waals surface area (Å²) in [5.41, 5.74) is 7.08. The number of nitrogens with two attached hydrogens (primary N) is 1. The fraction of sp³-hybridized carbons (Fsp3) is 0.500. The van der Waals surface area contributed by atoms with Gasteiger partial charge in [-0.3, -0.25) is 4.99 Å². The average Bonchev–Trinajstić information content (AvgIpc) is 2.77. The van der Waals surface area contributed by atoms with Crippen LogP contribution in [0.3, 0.4) is 0 Å². The van der Waals surface area contributed by atoms with Gasteiger partial charge in [-0.05, 0) is 30.7 Å². The van der Waals surface area contributed by atoms with Gasteiger partial charge in [0.15, 0.2) is 5.96 Å². The predicted octanol–water partition coefficient (Wildman–Crippen LogP) is 2.39. The van der Waals surface area contributed by atoms with E-state index in [4.69, 9.17) is 10.5 Å². The minimum Gasteiger partial charge on any atom is -0.497 e. The van der Waals surface area contributed by atoms with Crippen LogP contribution in [0.1, 0.15) is 26.2 Å². The van der Waals surface area contributed by atoms with Crippen LogP contribution in [0.4, 0.5) is 5.69 Å². The highest BCUT2D eigenvalue weighted by molar-refractivity contribution is 5.97. The number of ether oxygens (including phenoxy) is 1. The van der Waals surface area contributed by atoms with Crippen molar-refractivity contribution in [2.45, 2.75) is 32.2 Å². The molecule has 1 unspecified atom stereocenters. The van der Waals surface area contributed by atoms with Gasteiger partial charge in [-0.2, -0.15) is 0 Å². The van der Waals surface area contributed by atoms with Crippen LogP contribution in [0.15, 0.2) is 29.3 Å². The first-order valence-electron chi connectivity index (χ1n) is 6.49. The molecule has 0 spiro atoms. The van der Waals surface area contributed by atoms with Crippen molar-refractivity contribution in [3.8, 4) is 5.75 Å². The Kier molecular flexibility index (Phi) is 4.07. The number of nitrogens with zero attached hydrogens (tertiary/aromatic N) is 2. The Morgan fingerprint density at radius 3 is 2.72 bits per heavy atom. The van der Waals surface area contributed by atoms with Gasteiger partial charge < -0.3 is 15.4 Å². The van der Waals surface area contributed by atoms with Crippen molar-refractivity contribution in [2.24, 2.45) is 10.7 Å². The van der Waals surface area contributed by atoms with E-state index in [2.05, 4.69) is 16.8 Å². The first-order chi connectivity index (χ1) is 8.76. The number of benzene rings is 1. The standard InChI is InChI=1S/C14H21N3O/c1-3-4-5-12-10-16-14(15)17(12)11-6-8-13(18-2)9-7-11/h6-9,12H,3-5,10H2,1-2H3,(H2,15,16). The molecule has 98 valence electrons. The number of guanidine groups is 1. The maximum absolute atomic E-state index is 5.99. The Labute approximate surface area is 108 Å². The maximum Gasteiger partial charge on any atom is 0.196 e. The summed E-state index contributed by atoms with van der Waals surface area (Å²) in [5.74, 6) is 1.49. The van der Waals surface area contributed by atoms with Gasteiger partial charge >= 0.3 is 0 Å². The second kappa shape index (κ2) is 5.76. The number of methoxy groups -OCH3 is 1. The van der Waals surface area contributed by atoms with Gasteiger partial charge in [-0.1, -0.05) is 19.8 Å². The monoisotopic (exact) mass is 247 g/mol. The van der Waals surface area contributed by atoms with Crippen molar-refractivity contribution in [2.75, 3.05) is 18.6 Å². The molecule has 0 aromatic heterocycles. The maximum atomic E-state index is 5.99.